The molecular weight excluding hydrogens is 711 g/mol. The minimum atomic E-state index is -0.501. The van der Waals surface area contributed by atoms with E-state index in [0.717, 1.165) is 17.1 Å². The van der Waals surface area contributed by atoms with Crippen LogP contribution in [0.25, 0.3) is 54.9 Å². The summed E-state index contributed by atoms with van der Waals surface area (Å²) in [7, 11) is 0. The molecule has 59 heavy (non-hydrogen) atoms. The van der Waals surface area contributed by atoms with Gasteiger partial charge in [-0.15, -0.1) is 0 Å². The van der Waals surface area contributed by atoms with Gasteiger partial charge in [0.2, 0.25) is 0 Å². The van der Waals surface area contributed by atoms with Crippen molar-refractivity contribution in [2.45, 2.75) is 10.8 Å². The molecule has 10 aromatic rings. The highest BCUT2D eigenvalue weighted by Gasteiger charge is 2.69. The van der Waals surface area contributed by atoms with Crippen LogP contribution in [0.3, 0.4) is 0 Å². The van der Waals surface area contributed by atoms with Gasteiger partial charge >= 0.3 is 0 Å². The van der Waals surface area contributed by atoms with Gasteiger partial charge in [0.25, 0.3) is 0 Å². The Labute approximate surface area is 344 Å². The Kier molecular flexibility index (Phi) is 6.64. The lowest BCUT2D eigenvalue weighted by Crippen LogP contribution is -2.48. The van der Waals surface area contributed by atoms with E-state index in [1.807, 2.05) is 0 Å². The van der Waals surface area contributed by atoms with Crippen LogP contribution >= 0.6 is 0 Å². The Bertz CT molecular complexity index is 3220. The first-order chi connectivity index (χ1) is 29.3. The summed E-state index contributed by atoms with van der Waals surface area (Å²) in [6.45, 7) is 0. The van der Waals surface area contributed by atoms with Gasteiger partial charge in [0.15, 0.2) is 0 Å². The zero-order chi connectivity index (χ0) is 38.7. The number of benzene rings is 10. The Balaban J connectivity index is 1.12. The summed E-state index contributed by atoms with van der Waals surface area (Å²) < 4.78 is 0. The molecule has 2 unspecified atom stereocenters. The molecule has 0 amide bonds. The first-order valence-electron chi connectivity index (χ1n) is 20.7. The third kappa shape index (κ3) is 4.14. The molecule has 1 nitrogen and oxygen atoms in total. The third-order valence-corrected chi connectivity index (χ3v) is 13.7. The van der Waals surface area contributed by atoms with Crippen molar-refractivity contribution >= 4 is 38.6 Å². The van der Waals surface area contributed by atoms with E-state index in [4.69, 9.17) is 0 Å². The summed E-state index contributed by atoms with van der Waals surface area (Å²) in [4.78, 5) is 2.47. The number of hydrogen-bond donors (Lipinski definition) is 0. The van der Waals surface area contributed by atoms with Gasteiger partial charge in [0.05, 0.1) is 10.8 Å². The largest absolute Gasteiger partial charge is 0.310 e. The minimum absolute atomic E-state index is 0.457. The molecule has 0 heterocycles. The summed E-state index contributed by atoms with van der Waals surface area (Å²) >= 11 is 0. The topological polar surface area (TPSA) is 3.24 Å². The second-order valence-corrected chi connectivity index (χ2v) is 16.4. The lowest BCUT2D eigenvalue weighted by Gasteiger charge is -2.50. The summed E-state index contributed by atoms with van der Waals surface area (Å²) in [6.07, 6.45) is 0. The SMILES string of the molecule is c1ccc(-c2ccc(N(c3ccc(-c4ccccc4)cc3)c3cc4c5c(cccc5c3)C35c6ccccc6-c6ccccc6C43c3cccc4cccc5c34)cc2)cc1. The second kappa shape index (κ2) is 12.0. The van der Waals surface area contributed by atoms with E-state index < -0.39 is 10.8 Å². The minimum Gasteiger partial charge on any atom is -0.310 e. The highest BCUT2D eigenvalue weighted by atomic mass is 15.1. The van der Waals surface area contributed by atoms with Crippen LogP contribution in [0.5, 0.6) is 0 Å². The Morgan fingerprint density at radius 3 is 1.15 bits per heavy atom. The van der Waals surface area contributed by atoms with E-state index >= 15 is 0 Å². The van der Waals surface area contributed by atoms with E-state index in [2.05, 4.69) is 229 Å². The smallest absolute Gasteiger partial charge is 0.0648 e. The molecule has 0 spiro atoms. The average molecular weight is 748 g/mol. The first kappa shape index (κ1) is 32.6. The number of nitrogens with zero attached hydrogens (tertiary/aromatic N) is 1. The molecule has 0 aromatic heterocycles. The van der Waals surface area contributed by atoms with Crippen LogP contribution in [0.4, 0.5) is 17.1 Å². The van der Waals surface area contributed by atoms with Crippen LogP contribution in [-0.4, -0.2) is 0 Å². The van der Waals surface area contributed by atoms with Gasteiger partial charge in [-0.2, -0.15) is 0 Å². The van der Waals surface area contributed by atoms with Crippen LogP contribution in [0.1, 0.15) is 33.4 Å². The van der Waals surface area contributed by atoms with Crippen LogP contribution in [0, 0.1) is 0 Å². The van der Waals surface area contributed by atoms with Crippen molar-refractivity contribution < 1.29 is 0 Å². The predicted octanol–water partition coefficient (Wildman–Crippen LogP) is 14.8. The van der Waals surface area contributed by atoms with Gasteiger partial charge in [-0.05, 0) is 125 Å². The van der Waals surface area contributed by atoms with Gasteiger partial charge in [-0.1, -0.05) is 188 Å². The molecule has 3 aliphatic carbocycles. The fourth-order valence-corrected chi connectivity index (χ4v) is 11.6. The molecule has 0 bridgehead atoms. The van der Waals surface area contributed by atoms with Crippen LogP contribution in [0.15, 0.2) is 224 Å². The molecular formula is C58H37N. The third-order valence-electron chi connectivity index (χ3n) is 13.7. The quantitative estimate of drug-likeness (QED) is 0.169. The standard InChI is InChI=1S/C58H37N/c1-3-14-38(15-4-1)40-28-32-44(33-29-40)59(45-34-30-41(31-35-45)39-16-5-2-6-17-39)46-36-43-20-13-27-53-56(43)54(37-46)58-50-24-10-8-22-48(50)47-21-7-9-23-49(47)57(53,58)51-25-11-18-42-19-12-26-52(58)55(42)51/h1-37H. The Hall–Kier alpha value is -7.48. The van der Waals surface area contributed by atoms with Crippen LogP contribution in [0.2, 0.25) is 0 Å². The molecule has 3 aliphatic rings. The molecule has 1 heteroatoms. The van der Waals surface area contributed by atoms with Crippen molar-refractivity contribution in [3.8, 4) is 33.4 Å². The number of hydrogen-bond acceptors (Lipinski definition) is 1. The van der Waals surface area contributed by atoms with E-state index in [1.165, 1.54) is 88.3 Å². The first-order valence-corrected chi connectivity index (χ1v) is 20.7. The number of fused-ring (bicyclic) bond motifs is 3. The zero-order valence-corrected chi connectivity index (χ0v) is 32.3. The zero-order valence-electron chi connectivity index (χ0n) is 32.3. The number of rotatable bonds is 5. The molecule has 0 saturated heterocycles. The summed E-state index contributed by atoms with van der Waals surface area (Å²) in [5, 5.41) is 5.32. The summed E-state index contributed by atoms with van der Waals surface area (Å²) in [6, 6.07) is 84.1. The van der Waals surface area contributed by atoms with Gasteiger partial charge in [0, 0.05) is 17.1 Å². The van der Waals surface area contributed by atoms with Crippen molar-refractivity contribution in [3.63, 3.8) is 0 Å². The maximum Gasteiger partial charge on any atom is 0.0648 e. The maximum atomic E-state index is 2.55. The van der Waals surface area contributed by atoms with Crippen molar-refractivity contribution in [1.29, 1.82) is 0 Å². The lowest BCUT2D eigenvalue weighted by atomic mass is 9.50. The fraction of sp³-hybridized carbons (Fsp3) is 0.0345. The van der Waals surface area contributed by atoms with Gasteiger partial charge in [-0.25, -0.2) is 0 Å². The van der Waals surface area contributed by atoms with Gasteiger partial charge in [0.1, 0.15) is 0 Å². The molecule has 0 fully saturated rings. The molecule has 0 radical (unpaired) electrons. The van der Waals surface area contributed by atoms with Crippen molar-refractivity contribution in [1.82, 2.24) is 0 Å². The summed E-state index contributed by atoms with van der Waals surface area (Å²) in [5.41, 5.74) is 18.2. The lowest BCUT2D eigenvalue weighted by molar-refractivity contribution is 0.461. The van der Waals surface area contributed by atoms with E-state index in [9.17, 15) is 0 Å². The predicted molar refractivity (Wildman–Crippen MR) is 245 cm³/mol. The van der Waals surface area contributed by atoms with E-state index in [-0.39, 0.29) is 0 Å². The normalized spacial score (nSPS) is 17.6. The summed E-state index contributed by atoms with van der Waals surface area (Å²) in [5.74, 6) is 0. The average Bonchev–Trinajstić information content (AvgIpc) is 3.75. The van der Waals surface area contributed by atoms with Gasteiger partial charge in [-0.3, -0.25) is 0 Å². The molecule has 2 atom stereocenters. The molecule has 274 valence electrons. The monoisotopic (exact) mass is 747 g/mol. The Morgan fingerprint density at radius 1 is 0.254 bits per heavy atom. The molecule has 10 aromatic carbocycles. The van der Waals surface area contributed by atoms with Crippen LogP contribution in [-0.2, 0) is 10.8 Å². The van der Waals surface area contributed by atoms with Gasteiger partial charge < -0.3 is 4.90 Å². The molecule has 0 N–H and O–H groups in total. The number of anilines is 3. The molecule has 0 saturated carbocycles. The van der Waals surface area contributed by atoms with Crippen molar-refractivity contribution in [3.05, 3.63) is 258 Å². The Morgan fingerprint density at radius 2 is 0.644 bits per heavy atom. The molecule has 13 rings (SSSR count). The second-order valence-electron chi connectivity index (χ2n) is 16.4. The van der Waals surface area contributed by atoms with Crippen molar-refractivity contribution in [2.24, 2.45) is 0 Å². The van der Waals surface area contributed by atoms with E-state index in [0.29, 0.717) is 0 Å². The highest BCUT2D eigenvalue weighted by Crippen LogP contribution is 2.75. The highest BCUT2D eigenvalue weighted by molar-refractivity contribution is 6.10. The van der Waals surface area contributed by atoms with Crippen molar-refractivity contribution in [2.75, 3.05) is 4.90 Å². The maximum absolute atomic E-state index is 2.55. The fourth-order valence-electron chi connectivity index (χ4n) is 11.6. The van der Waals surface area contributed by atoms with Crippen LogP contribution < -0.4 is 4.90 Å². The van der Waals surface area contributed by atoms with E-state index in [1.54, 1.807) is 0 Å². The molecule has 0 aliphatic heterocycles.